The number of rotatable bonds is 7. The third kappa shape index (κ3) is 4.70. The molecule has 1 fully saturated rings. The molecule has 0 bridgehead atoms. The Bertz CT molecular complexity index is 425. The lowest BCUT2D eigenvalue weighted by Gasteiger charge is -2.38. The van der Waals surface area contributed by atoms with E-state index in [4.69, 9.17) is 4.74 Å². The number of piperazine rings is 1. The van der Waals surface area contributed by atoms with Gasteiger partial charge in [-0.2, -0.15) is 0 Å². The first-order valence-electron chi connectivity index (χ1n) is 8.44. The van der Waals surface area contributed by atoms with Gasteiger partial charge in [0.2, 0.25) is 0 Å². The molecule has 4 heteroatoms. The average molecular weight is 306 g/mol. The van der Waals surface area contributed by atoms with Crippen molar-refractivity contribution in [1.29, 1.82) is 0 Å². The number of nitrogens with zero attached hydrogens (tertiary/aromatic N) is 2. The molecule has 22 heavy (non-hydrogen) atoms. The highest BCUT2D eigenvalue weighted by molar-refractivity contribution is 5.29. The number of hydrogen-bond donors (Lipinski definition) is 1. The minimum atomic E-state index is 0.0955. The van der Waals surface area contributed by atoms with E-state index in [0.717, 1.165) is 45.1 Å². The van der Waals surface area contributed by atoms with Gasteiger partial charge < -0.3 is 14.7 Å². The van der Waals surface area contributed by atoms with Crippen LogP contribution in [0.25, 0.3) is 0 Å². The Hall–Kier alpha value is -1.10. The molecule has 1 aliphatic heterocycles. The summed E-state index contributed by atoms with van der Waals surface area (Å²) in [7, 11) is 0. The molecule has 0 aliphatic carbocycles. The third-order valence-electron chi connectivity index (χ3n) is 4.32. The zero-order valence-corrected chi connectivity index (χ0v) is 14.2. The zero-order chi connectivity index (χ0) is 15.9. The standard InChI is InChI=1S/C18H30N2O2/c1-4-19-9-11-20(12-10-19)18(13-21)16-5-7-17(8-6-16)22-14-15(2)3/h5-8,15,18,21H,4,9-14H2,1-3H3. The molecule has 0 spiro atoms. The maximum absolute atomic E-state index is 9.81. The van der Waals surface area contributed by atoms with Crippen LogP contribution < -0.4 is 4.74 Å². The van der Waals surface area contributed by atoms with Gasteiger partial charge in [-0.3, -0.25) is 4.90 Å². The zero-order valence-electron chi connectivity index (χ0n) is 14.2. The van der Waals surface area contributed by atoms with Crippen molar-refractivity contribution in [3.8, 4) is 5.75 Å². The Kier molecular flexibility index (Phi) is 6.68. The van der Waals surface area contributed by atoms with Crippen molar-refractivity contribution in [2.45, 2.75) is 26.8 Å². The second-order valence-electron chi connectivity index (χ2n) is 6.44. The van der Waals surface area contributed by atoms with Crippen molar-refractivity contribution in [3.63, 3.8) is 0 Å². The van der Waals surface area contributed by atoms with Crippen molar-refractivity contribution >= 4 is 0 Å². The van der Waals surface area contributed by atoms with Gasteiger partial charge in [-0.05, 0) is 30.2 Å². The van der Waals surface area contributed by atoms with Crippen LogP contribution in [0.3, 0.4) is 0 Å². The highest BCUT2D eigenvalue weighted by Crippen LogP contribution is 2.24. The normalized spacial score (nSPS) is 18.6. The summed E-state index contributed by atoms with van der Waals surface area (Å²) in [4.78, 5) is 4.84. The summed E-state index contributed by atoms with van der Waals surface area (Å²) in [5.41, 5.74) is 1.17. The van der Waals surface area contributed by atoms with Gasteiger partial charge in [0.25, 0.3) is 0 Å². The Morgan fingerprint density at radius 1 is 1.09 bits per heavy atom. The Labute approximate surface area is 134 Å². The molecule has 1 atom stereocenters. The Morgan fingerprint density at radius 3 is 2.23 bits per heavy atom. The molecule has 1 aromatic rings. The molecule has 0 amide bonds. The van der Waals surface area contributed by atoms with Crippen molar-refractivity contribution < 1.29 is 9.84 Å². The lowest BCUT2D eigenvalue weighted by atomic mass is 10.0. The summed E-state index contributed by atoms with van der Waals surface area (Å²) in [6.07, 6.45) is 0. The van der Waals surface area contributed by atoms with Gasteiger partial charge in [0.15, 0.2) is 0 Å². The van der Waals surface area contributed by atoms with E-state index in [1.165, 1.54) is 5.56 Å². The van der Waals surface area contributed by atoms with Crippen LogP contribution in [-0.4, -0.2) is 60.8 Å². The first-order valence-corrected chi connectivity index (χ1v) is 8.44. The van der Waals surface area contributed by atoms with Crippen molar-refractivity contribution in [3.05, 3.63) is 29.8 Å². The van der Waals surface area contributed by atoms with E-state index in [1.54, 1.807) is 0 Å². The fraction of sp³-hybridized carbons (Fsp3) is 0.667. The average Bonchev–Trinajstić information content (AvgIpc) is 2.55. The Morgan fingerprint density at radius 2 is 1.73 bits per heavy atom. The first kappa shape index (κ1) is 17.3. The molecule has 1 heterocycles. The van der Waals surface area contributed by atoms with E-state index >= 15 is 0 Å². The van der Waals surface area contributed by atoms with E-state index in [1.807, 2.05) is 12.1 Å². The van der Waals surface area contributed by atoms with Gasteiger partial charge in [-0.1, -0.05) is 32.9 Å². The highest BCUT2D eigenvalue weighted by atomic mass is 16.5. The number of aliphatic hydroxyl groups is 1. The van der Waals surface area contributed by atoms with E-state index in [-0.39, 0.29) is 12.6 Å². The quantitative estimate of drug-likeness (QED) is 0.839. The fourth-order valence-corrected chi connectivity index (χ4v) is 2.87. The number of ether oxygens (including phenoxy) is 1. The smallest absolute Gasteiger partial charge is 0.119 e. The van der Waals surface area contributed by atoms with Crippen LogP contribution in [0.1, 0.15) is 32.4 Å². The largest absolute Gasteiger partial charge is 0.493 e. The second kappa shape index (κ2) is 8.51. The second-order valence-corrected chi connectivity index (χ2v) is 6.44. The van der Waals surface area contributed by atoms with Crippen molar-refractivity contribution in [1.82, 2.24) is 9.80 Å². The van der Waals surface area contributed by atoms with Crippen LogP contribution in [0.2, 0.25) is 0 Å². The van der Waals surface area contributed by atoms with Gasteiger partial charge in [-0.25, -0.2) is 0 Å². The minimum Gasteiger partial charge on any atom is -0.493 e. The van der Waals surface area contributed by atoms with Gasteiger partial charge in [-0.15, -0.1) is 0 Å². The molecule has 0 radical (unpaired) electrons. The summed E-state index contributed by atoms with van der Waals surface area (Å²) in [6, 6.07) is 8.30. The van der Waals surface area contributed by atoms with Gasteiger partial charge in [0.05, 0.1) is 19.3 Å². The molecular formula is C18H30N2O2. The molecule has 4 nitrogen and oxygen atoms in total. The van der Waals surface area contributed by atoms with Crippen molar-refractivity contribution in [2.24, 2.45) is 5.92 Å². The SMILES string of the molecule is CCN1CCN(C(CO)c2ccc(OCC(C)C)cc2)CC1. The number of likely N-dealkylation sites (N-methyl/N-ethyl adjacent to an activating group) is 1. The van der Waals surface area contributed by atoms with Crippen LogP contribution in [0.4, 0.5) is 0 Å². The lowest BCUT2D eigenvalue weighted by molar-refractivity contribution is 0.0672. The maximum Gasteiger partial charge on any atom is 0.119 e. The van der Waals surface area contributed by atoms with Crippen LogP contribution in [0, 0.1) is 5.92 Å². The molecule has 1 N–H and O–H groups in total. The van der Waals surface area contributed by atoms with Crippen LogP contribution in [0.15, 0.2) is 24.3 Å². The third-order valence-corrected chi connectivity index (χ3v) is 4.32. The lowest BCUT2D eigenvalue weighted by Crippen LogP contribution is -2.48. The molecule has 1 unspecified atom stereocenters. The summed E-state index contributed by atoms with van der Waals surface area (Å²) < 4.78 is 5.73. The first-order chi connectivity index (χ1) is 10.6. The molecule has 0 saturated carbocycles. The van der Waals surface area contributed by atoms with Crippen molar-refractivity contribution in [2.75, 3.05) is 45.9 Å². The number of aliphatic hydroxyl groups excluding tert-OH is 1. The van der Waals surface area contributed by atoms with E-state index in [9.17, 15) is 5.11 Å². The predicted octanol–water partition coefficient (Wildman–Crippen LogP) is 2.39. The van der Waals surface area contributed by atoms with Crippen LogP contribution in [-0.2, 0) is 0 Å². The monoisotopic (exact) mass is 306 g/mol. The summed E-state index contributed by atoms with van der Waals surface area (Å²) in [6.45, 7) is 12.7. The summed E-state index contributed by atoms with van der Waals surface area (Å²) in [5, 5.41) is 9.81. The van der Waals surface area contributed by atoms with E-state index in [2.05, 4.69) is 42.7 Å². The van der Waals surface area contributed by atoms with Gasteiger partial charge in [0.1, 0.15) is 5.75 Å². The molecular weight excluding hydrogens is 276 g/mol. The predicted molar refractivity (Wildman–Crippen MR) is 90.3 cm³/mol. The Balaban J connectivity index is 1.96. The van der Waals surface area contributed by atoms with E-state index in [0.29, 0.717) is 5.92 Å². The van der Waals surface area contributed by atoms with Crippen LogP contribution in [0.5, 0.6) is 5.75 Å². The molecule has 1 aromatic carbocycles. The summed E-state index contributed by atoms with van der Waals surface area (Å²) >= 11 is 0. The minimum absolute atomic E-state index is 0.0955. The highest BCUT2D eigenvalue weighted by Gasteiger charge is 2.23. The fourth-order valence-electron chi connectivity index (χ4n) is 2.87. The molecule has 1 aliphatic rings. The molecule has 0 aromatic heterocycles. The molecule has 1 saturated heterocycles. The summed E-state index contributed by atoms with van der Waals surface area (Å²) in [5.74, 6) is 1.43. The van der Waals surface area contributed by atoms with Crippen LogP contribution >= 0.6 is 0 Å². The topological polar surface area (TPSA) is 35.9 Å². The maximum atomic E-state index is 9.81. The molecule has 124 valence electrons. The molecule has 2 rings (SSSR count). The number of hydrogen-bond acceptors (Lipinski definition) is 4. The van der Waals surface area contributed by atoms with Gasteiger partial charge in [0, 0.05) is 26.2 Å². The van der Waals surface area contributed by atoms with E-state index < -0.39 is 0 Å². The van der Waals surface area contributed by atoms with Gasteiger partial charge >= 0.3 is 0 Å². The number of benzene rings is 1.